The van der Waals surface area contributed by atoms with Crippen LogP contribution in [0.1, 0.15) is 38.4 Å². The van der Waals surface area contributed by atoms with Crippen LogP contribution in [0.25, 0.3) is 5.57 Å². The van der Waals surface area contributed by atoms with E-state index in [2.05, 4.69) is 4.98 Å². The van der Waals surface area contributed by atoms with Crippen molar-refractivity contribution in [3.05, 3.63) is 35.7 Å². The Kier molecular flexibility index (Phi) is 5.03. The number of carbonyl (C=O) groups is 2. The normalized spacial score (nSPS) is 15.1. The van der Waals surface area contributed by atoms with Crippen LogP contribution in [-0.2, 0) is 16.0 Å². The quantitative estimate of drug-likeness (QED) is 0.927. The molecule has 6 heteroatoms. The molecule has 1 aliphatic heterocycles. The molecule has 0 bridgehead atoms. The Hall–Kier alpha value is -2.37. The van der Waals surface area contributed by atoms with Gasteiger partial charge in [0, 0.05) is 19.3 Å². The zero-order chi connectivity index (χ0) is 17.0. The second kappa shape index (κ2) is 6.81. The lowest BCUT2D eigenvalue weighted by atomic mass is 10.0. The SMILES string of the molecule is CC(C)(C)OC(=O)N1CC=C(c2ccc(CC(=O)O)cn2)CC1. The Morgan fingerprint density at radius 3 is 2.57 bits per heavy atom. The molecule has 0 aliphatic carbocycles. The van der Waals surface area contributed by atoms with Crippen molar-refractivity contribution in [3.8, 4) is 0 Å². The molecule has 6 nitrogen and oxygen atoms in total. The number of hydrogen-bond donors (Lipinski definition) is 1. The highest BCUT2D eigenvalue weighted by Gasteiger charge is 2.24. The van der Waals surface area contributed by atoms with Crippen LogP contribution >= 0.6 is 0 Å². The summed E-state index contributed by atoms with van der Waals surface area (Å²) in [6, 6.07) is 3.60. The van der Waals surface area contributed by atoms with Crippen LogP contribution < -0.4 is 0 Å². The van der Waals surface area contributed by atoms with E-state index < -0.39 is 11.6 Å². The maximum atomic E-state index is 12.0. The van der Waals surface area contributed by atoms with Crippen molar-refractivity contribution in [3.63, 3.8) is 0 Å². The fourth-order valence-corrected chi connectivity index (χ4v) is 2.29. The van der Waals surface area contributed by atoms with Crippen molar-refractivity contribution in [2.24, 2.45) is 0 Å². The monoisotopic (exact) mass is 318 g/mol. The van der Waals surface area contributed by atoms with E-state index in [0.717, 1.165) is 11.3 Å². The molecule has 1 aromatic rings. The molecule has 1 amide bonds. The third kappa shape index (κ3) is 5.09. The number of hydrogen-bond acceptors (Lipinski definition) is 4. The third-order valence-corrected chi connectivity index (χ3v) is 3.37. The predicted molar refractivity (Wildman–Crippen MR) is 86.0 cm³/mol. The molecular formula is C17H22N2O4. The average Bonchev–Trinajstić information content (AvgIpc) is 2.46. The lowest BCUT2D eigenvalue weighted by Gasteiger charge is -2.29. The van der Waals surface area contributed by atoms with Crippen molar-refractivity contribution in [1.29, 1.82) is 0 Å². The van der Waals surface area contributed by atoms with Crippen LogP contribution in [0, 0.1) is 0 Å². The lowest BCUT2D eigenvalue weighted by Crippen LogP contribution is -2.39. The molecule has 0 unspecified atom stereocenters. The molecule has 0 aromatic carbocycles. The summed E-state index contributed by atoms with van der Waals surface area (Å²) >= 11 is 0. The highest BCUT2D eigenvalue weighted by atomic mass is 16.6. The number of carboxylic acids is 1. The minimum Gasteiger partial charge on any atom is -0.481 e. The van der Waals surface area contributed by atoms with Crippen molar-refractivity contribution in [1.82, 2.24) is 9.88 Å². The molecular weight excluding hydrogens is 296 g/mol. The van der Waals surface area contributed by atoms with E-state index in [1.54, 1.807) is 17.2 Å². The van der Waals surface area contributed by atoms with Gasteiger partial charge in [0.25, 0.3) is 0 Å². The third-order valence-electron chi connectivity index (χ3n) is 3.37. The molecule has 1 N–H and O–H groups in total. The fourth-order valence-electron chi connectivity index (χ4n) is 2.29. The summed E-state index contributed by atoms with van der Waals surface area (Å²) in [5.74, 6) is -0.871. The van der Waals surface area contributed by atoms with E-state index in [1.165, 1.54) is 0 Å². The maximum absolute atomic E-state index is 12.0. The molecule has 1 aromatic heterocycles. The van der Waals surface area contributed by atoms with Crippen LogP contribution in [0.4, 0.5) is 4.79 Å². The van der Waals surface area contributed by atoms with Crippen LogP contribution in [0.2, 0.25) is 0 Å². The summed E-state index contributed by atoms with van der Waals surface area (Å²) in [6.07, 6.45) is 3.91. The molecule has 124 valence electrons. The molecule has 0 radical (unpaired) electrons. The lowest BCUT2D eigenvalue weighted by molar-refractivity contribution is -0.136. The van der Waals surface area contributed by atoms with Gasteiger partial charge in [-0.2, -0.15) is 0 Å². The number of carboxylic acid groups (broad SMARTS) is 1. The Labute approximate surface area is 135 Å². The first-order valence-corrected chi connectivity index (χ1v) is 7.58. The van der Waals surface area contributed by atoms with Crippen molar-refractivity contribution in [2.75, 3.05) is 13.1 Å². The number of amides is 1. The number of carbonyl (C=O) groups excluding carboxylic acids is 1. The number of pyridine rings is 1. The summed E-state index contributed by atoms with van der Waals surface area (Å²) in [7, 11) is 0. The van der Waals surface area contributed by atoms with Gasteiger partial charge in [0.1, 0.15) is 5.60 Å². The molecule has 0 spiro atoms. The highest BCUT2D eigenvalue weighted by Crippen LogP contribution is 2.22. The zero-order valence-electron chi connectivity index (χ0n) is 13.7. The van der Waals surface area contributed by atoms with E-state index in [-0.39, 0.29) is 12.5 Å². The molecule has 1 aliphatic rings. The molecule has 0 fully saturated rings. The highest BCUT2D eigenvalue weighted by molar-refractivity contribution is 5.72. The van der Waals surface area contributed by atoms with Crippen LogP contribution in [0.15, 0.2) is 24.4 Å². The van der Waals surface area contributed by atoms with Crippen molar-refractivity contribution < 1.29 is 19.4 Å². The van der Waals surface area contributed by atoms with Gasteiger partial charge in [-0.1, -0.05) is 12.1 Å². The standard InChI is InChI=1S/C17H22N2O4/c1-17(2,3)23-16(22)19-8-6-13(7-9-19)14-5-4-12(11-18-14)10-15(20)21/h4-6,11H,7-10H2,1-3H3,(H,20,21). The number of rotatable bonds is 3. The van der Waals surface area contributed by atoms with E-state index in [4.69, 9.17) is 9.84 Å². The smallest absolute Gasteiger partial charge is 0.410 e. The van der Waals surface area contributed by atoms with Crippen molar-refractivity contribution in [2.45, 2.75) is 39.2 Å². The number of aliphatic carboxylic acids is 1. The minimum absolute atomic E-state index is 0.0290. The van der Waals surface area contributed by atoms with Gasteiger partial charge < -0.3 is 14.7 Å². The molecule has 23 heavy (non-hydrogen) atoms. The topological polar surface area (TPSA) is 79.7 Å². The second-order valence-corrected chi connectivity index (χ2v) is 6.53. The van der Waals surface area contributed by atoms with E-state index in [1.807, 2.05) is 32.9 Å². The molecule has 2 rings (SSSR count). The first-order chi connectivity index (χ1) is 10.7. The Bertz CT molecular complexity index is 614. The minimum atomic E-state index is -0.871. The van der Waals surface area contributed by atoms with Crippen molar-refractivity contribution >= 4 is 17.6 Å². The molecule has 0 saturated carbocycles. The van der Waals surface area contributed by atoms with Gasteiger partial charge in [-0.25, -0.2) is 4.79 Å². The predicted octanol–water partition coefficient (Wildman–Crippen LogP) is 2.73. The first kappa shape index (κ1) is 17.0. The Balaban J connectivity index is 1.98. The van der Waals surface area contributed by atoms with Gasteiger partial charge in [-0.15, -0.1) is 0 Å². The van der Waals surface area contributed by atoms with Gasteiger partial charge in [0.15, 0.2) is 0 Å². The van der Waals surface area contributed by atoms with E-state index in [0.29, 0.717) is 25.1 Å². The van der Waals surface area contributed by atoms with Crippen LogP contribution in [0.5, 0.6) is 0 Å². The van der Waals surface area contributed by atoms with Crippen LogP contribution in [0.3, 0.4) is 0 Å². The number of aromatic nitrogens is 1. The second-order valence-electron chi connectivity index (χ2n) is 6.53. The van der Waals surface area contributed by atoms with Crippen LogP contribution in [-0.4, -0.2) is 45.7 Å². The summed E-state index contributed by atoms with van der Waals surface area (Å²) in [6.45, 7) is 6.61. The summed E-state index contributed by atoms with van der Waals surface area (Å²) in [5.41, 5.74) is 2.06. The van der Waals surface area contributed by atoms with E-state index in [9.17, 15) is 9.59 Å². The van der Waals surface area contributed by atoms with Gasteiger partial charge in [0.05, 0.1) is 12.1 Å². The largest absolute Gasteiger partial charge is 0.481 e. The summed E-state index contributed by atoms with van der Waals surface area (Å²) in [5, 5.41) is 8.76. The number of ether oxygens (including phenoxy) is 1. The van der Waals surface area contributed by atoms with Gasteiger partial charge in [-0.05, 0) is 44.4 Å². The first-order valence-electron chi connectivity index (χ1n) is 7.58. The van der Waals surface area contributed by atoms with E-state index >= 15 is 0 Å². The summed E-state index contributed by atoms with van der Waals surface area (Å²) < 4.78 is 5.36. The molecule has 0 saturated heterocycles. The maximum Gasteiger partial charge on any atom is 0.410 e. The molecule has 0 atom stereocenters. The average molecular weight is 318 g/mol. The van der Waals surface area contributed by atoms with Gasteiger partial charge in [-0.3, -0.25) is 9.78 Å². The summed E-state index contributed by atoms with van der Waals surface area (Å²) in [4.78, 5) is 28.7. The fraction of sp³-hybridized carbons (Fsp3) is 0.471. The number of nitrogens with zero attached hydrogens (tertiary/aromatic N) is 2. The molecule has 2 heterocycles. The Morgan fingerprint density at radius 2 is 2.09 bits per heavy atom. The Morgan fingerprint density at radius 1 is 1.35 bits per heavy atom. The van der Waals surface area contributed by atoms with Gasteiger partial charge >= 0.3 is 12.1 Å². The van der Waals surface area contributed by atoms with Gasteiger partial charge in [0.2, 0.25) is 0 Å². The zero-order valence-corrected chi connectivity index (χ0v) is 13.7.